The van der Waals surface area contributed by atoms with Crippen LogP contribution in [-0.2, 0) is 0 Å². The predicted octanol–water partition coefficient (Wildman–Crippen LogP) is 10.4. The van der Waals surface area contributed by atoms with Crippen LogP contribution in [0.25, 0.3) is 88.4 Å². The number of thiophene rings is 1. The lowest BCUT2D eigenvalue weighted by atomic mass is 10.0. The van der Waals surface area contributed by atoms with E-state index in [4.69, 9.17) is 24.9 Å². The van der Waals surface area contributed by atoms with Gasteiger partial charge in [0.05, 0.1) is 15.9 Å². The van der Waals surface area contributed by atoms with Crippen molar-refractivity contribution in [2.24, 2.45) is 0 Å². The van der Waals surface area contributed by atoms with Crippen LogP contribution >= 0.6 is 11.3 Å². The molecule has 0 atom stereocenters. The minimum atomic E-state index is 0.596. The Bertz CT molecular complexity index is 2570. The molecule has 0 amide bonds. The molecular weight excluding hydrogens is 621 g/mol. The molecule has 0 spiro atoms. The van der Waals surface area contributed by atoms with Crippen molar-refractivity contribution in [3.05, 3.63) is 158 Å². The number of aromatic nitrogens is 6. The lowest BCUT2D eigenvalue weighted by molar-refractivity contribution is 1.07. The molecule has 0 aliphatic heterocycles. The maximum absolute atomic E-state index is 5.11. The summed E-state index contributed by atoms with van der Waals surface area (Å²) in [6, 6.07) is 51.2. The van der Waals surface area contributed by atoms with Crippen LogP contribution in [-0.4, -0.2) is 29.9 Å². The molecule has 4 heterocycles. The summed E-state index contributed by atoms with van der Waals surface area (Å²) in [4.78, 5) is 30.5. The summed E-state index contributed by atoms with van der Waals surface area (Å²) in [6.07, 6.45) is 1.82. The minimum absolute atomic E-state index is 0.596. The second kappa shape index (κ2) is 12.3. The average molecular weight is 647 g/mol. The van der Waals surface area contributed by atoms with Gasteiger partial charge in [0, 0.05) is 39.4 Å². The summed E-state index contributed by atoms with van der Waals surface area (Å²) in [5.41, 5.74) is 8.79. The van der Waals surface area contributed by atoms with E-state index in [1.54, 1.807) is 11.3 Å². The Kier molecular flexibility index (Phi) is 7.22. The summed E-state index contributed by atoms with van der Waals surface area (Å²) in [6.45, 7) is 0. The van der Waals surface area contributed by atoms with E-state index in [1.807, 2.05) is 103 Å². The molecule has 0 radical (unpaired) electrons. The normalized spacial score (nSPS) is 11.3. The van der Waals surface area contributed by atoms with Gasteiger partial charge in [-0.15, -0.1) is 11.3 Å². The van der Waals surface area contributed by atoms with Crippen molar-refractivity contribution in [2.75, 3.05) is 0 Å². The molecule has 6 nitrogen and oxygen atoms in total. The van der Waals surface area contributed by atoms with Crippen molar-refractivity contribution in [3.8, 4) is 67.9 Å². The summed E-state index contributed by atoms with van der Waals surface area (Å²) in [5.74, 6) is 2.49. The maximum atomic E-state index is 5.11. The van der Waals surface area contributed by atoms with Gasteiger partial charge in [-0.2, -0.15) is 0 Å². The quantitative estimate of drug-likeness (QED) is 0.179. The molecule has 0 aliphatic rings. The van der Waals surface area contributed by atoms with Gasteiger partial charge in [0.1, 0.15) is 4.83 Å². The van der Waals surface area contributed by atoms with E-state index in [9.17, 15) is 0 Å². The standard InChI is InChI=1S/C42H26N6S/c1-4-11-27(12-5-1)28-18-20-32(21-19-28)40-46-39(30-15-8-3-9-16-30)47-41(48-40)33-24-22-31(23-25-33)38-44-35(29-13-6-2-7-14-29)37-36(45-38)34-17-10-26-43-42(34)49-37/h1-26H. The lowest BCUT2D eigenvalue weighted by Gasteiger charge is -2.10. The Morgan fingerprint density at radius 3 is 1.33 bits per heavy atom. The molecule has 4 aromatic heterocycles. The summed E-state index contributed by atoms with van der Waals surface area (Å²) >= 11 is 1.63. The van der Waals surface area contributed by atoms with Gasteiger partial charge >= 0.3 is 0 Å². The first-order valence-electron chi connectivity index (χ1n) is 16.0. The first kappa shape index (κ1) is 28.8. The van der Waals surface area contributed by atoms with Crippen LogP contribution in [0.4, 0.5) is 0 Å². The first-order chi connectivity index (χ1) is 24.3. The average Bonchev–Trinajstić information content (AvgIpc) is 3.57. The van der Waals surface area contributed by atoms with Crippen molar-refractivity contribution in [1.82, 2.24) is 29.9 Å². The molecule has 0 unspecified atom stereocenters. The molecule has 0 N–H and O–H groups in total. The molecule has 0 aliphatic carbocycles. The number of benzene rings is 5. The van der Waals surface area contributed by atoms with Gasteiger partial charge in [0.25, 0.3) is 0 Å². The maximum Gasteiger partial charge on any atom is 0.164 e. The van der Waals surface area contributed by atoms with E-state index in [0.29, 0.717) is 23.3 Å². The fourth-order valence-corrected chi connectivity index (χ4v) is 7.05. The van der Waals surface area contributed by atoms with Gasteiger partial charge in [0.2, 0.25) is 0 Å². The monoisotopic (exact) mass is 646 g/mol. The van der Waals surface area contributed by atoms with Gasteiger partial charge in [-0.3, -0.25) is 0 Å². The molecule has 5 aromatic carbocycles. The van der Waals surface area contributed by atoms with Gasteiger partial charge < -0.3 is 0 Å². The second-order valence-electron chi connectivity index (χ2n) is 11.6. The number of nitrogens with zero attached hydrogens (tertiary/aromatic N) is 6. The van der Waals surface area contributed by atoms with Crippen LogP contribution in [0, 0.1) is 0 Å². The molecule has 0 fully saturated rings. The highest BCUT2D eigenvalue weighted by atomic mass is 32.1. The SMILES string of the molecule is c1ccc(-c2ccc(-c3nc(-c4ccccc4)nc(-c4ccc(-c5nc(-c6ccccc6)c6sc7ncccc7c6n5)cc4)n3)cc2)cc1. The Morgan fingerprint density at radius 1 is 0.347 bits per heavy atom. The summed E-state index contributed by atoms with van der Waals surface area (Å²) in [5, 5.41) is 1.03. The van der Waals surface area contributed by atoms with Crippen LogP contribution in [0.1, 0.15) is 0 Å². The highest BCUT2D eigenvalue weighted by Gasteiger charge is 2.18. The Balaban J connectivity index is 1.13. The minimum Gasteiger partial charge on any atom is -0.245 e. The van der Waals surface area contributed by atoms with Gasteiger partial charge in [-0.05, 0) is 23.3 Å². The molecule has 49 heavy (non-hydrogen) atoms. The highest BCUT2D eigenvalue weighted by molar-refractivity contribution is 7.25. The van der Waals surface area contributed by atoms with E-state index in [1.165, 1.54) is 5.56 Å². The van der Waals surface area contributed by atoms with Gasteiger partial charge in [0.15, 0.2) is 23.3 Å². The summed E-state index contributed by atoms with van der Waals surface area (Å²) in [7, 11) is 0. The predicted molar refractivity (Wildman–Crippen MR) is 199 cm³/mol. The number of pyridine rings is 1. The van der Waals surface area contributed by atoms with E-state index in [2.05, 4.69) is 59.6 Å². The highest BCUT2D eigenvalue weighted by Crippen LogP contribution is 2.38. The molecule has 9 aromatic rings. The third-order valence-corrected chi connectivity index (χ3v) is 9.57. The van der Waals surface area contributed by atoms with E-state index in [-0.39, 0.29) is 0 Å². The van der Waals surface area contributed by atoms with Crippen LogP contribution in [0.15, 0.2) is 158 Å². The number of fused-ring (bicyclic) bond motifs is 3. The fraction of sp³-hybridized carbons (Fsp3) is 0. The van der Waals surface area contributed by atoms with Crippen molar-refractivity contribution in [2.45, 2.75) is 0 Å². The van der Waals surface area contributed by atoms with Crippen LogP contribution in [0.2, 0.25) is 0 Å². The van der Waals surface area contributed by atoms with Gasteiger partial charge in [-0.1, -0.05) is 140 Å². The van der Waals surface area contributed by atoms with E-state index >= 15 is 0 Å². The van der Waals surface area contributed by atoms with Crippen molar-refractivity contribution >= 4 is 31.8 Å². The molecular formula is C42H26N6S. The zero-order valence-electron chi connectivity index (χ0n) is 26.1. The Labute approximate surface area is 286 Å². The second-order valence-corrected chi connectivity index (χ2v) is 12.6. The smallest absolute Gasteiger partial charge is 0.164 e. The van der Waals surface area contributed by atoms with Crippen LogP contribution in [0.5, 0.6) is 0 Å². The van der Waals surface area contributed by atoms with Crippen molar-refractivity contribution in [3.63, 3.8) is 0 Å². The Morgan fingerprint density at radius 2 is 0.776 bits per heavy atom. The van der Waals surface area contributed by atoms with Gasteiger partial charge in [-0.25, -0.2) is 29.9 Å². The van der Waals surface area contributed by atoms with E-state index in [0.717, 1.165) is 59.5 Å². The third kappa shape index (κ3) is 5.52. The molecule has 7 heteroatoms. The molecule has 0 bridgehead atoms. The number of hydrogen-bond donors (Lipinski definition) is 0. The largest absolute Gasteiger partial charge is 0.245 e. The fourth-order valence-electron chi connectivity index (χ4n) is 5.96. The Hall–Kier alpha value is -6.44. The topological polar surface area (TPSA) is 77.3 Å². The molecule has 0 saturated heterocycles. The molecule has 230 valence electrons. The lowest BCUT2D eigenvalue weighted by Crippen LogP contribution is -2.00. The van der Waals surface area contributed by atoms with E-state index < -0.39 is 0 Å². The number of hydrogen-bond acceptors (Lipinski definition) is 7. The molecule has 9 rings (SSSR count). The van der Waals surface area contributed by atoms with Crippen molar-refractivity contribution in [1.29, 1.82) is 0 Å². The first-order valence-corrected chi connectivity index (χ1v) is 16.8. The molecule has 0 saturated carbocycles. The van der Waals surface area contributed by atoms with Crippen molar-refractivity contribution < 1.29 is 0 Å². The number of rotatable bonds is 6. The zero-order valence-corrected chi connectivity index (χ0v) is 26.9. The van der Waals surface area contributed by atoms with Crippen LogP contribution in [0.3, 0.4) is 0 Å². The zero-order chi connectivity index (χ0) is 32.6. The van der Waals surface area contributed by atoms with Crippen LogP contribution < -0.4 is 0 Å². The third-order valence-electron chi connectivity index (χ3n) is 8.46. The summed E-state index contributed by atoms with van der Waals surface area (Å²) < 4.78 is 1.03.